The molecule has 1 aliphatic heterocycles. The molecule has 1 atom stereocenters. The lowest BCUT2D eigenvalue weighted by atomic mass is 10.1. The van der Waals surface area contributed by atoms with Gasteiger partial charge in [-0.2, -0.15) is 0 Å². The van der Waals surface area contributed by atoms with Gasteiger partial charge in [0.15, 0.2) is 5.69 Å². The third-order valence-electron chi connectivity index (χ3n) is 4.57. The van der Waals surface area contributed by atoms with Gasteiger partial charge in [-0.05, 0) is 13.0 Å². The molecule has 0 spiro atoms. The topological polar surface area (TPSA) is 64.2 Å². The molecule has 1 fully saturated rings. The summed E-state index contributed by atoms with van der Waals surface area (Å²) in [5.74, 6) is -0.527. The molecule has 2 N–H and O–H groups in total. The summed E-state index contributed by atoms with van der Waals surface area (Å²) in [5.41, 5.74) is 0.779. The van der Waals surface area contributed by atoms with Crippen molar-refractivity contribution in [3.05, 3.63) is 47.5 Å². The van der Waals surface area contributed by atoms with Gasteiger partial charge in [-0.3, -0.25) is 4.79 Å². The minimum atomic E-state index is -0.325. The van der Waals surface area contributed by atoms with Gasteiger partial charge in [-0.1, -0.05) is 23.4 Å². The molecule has 24 heavy (non-hydrogen) atoms. The quantitative estimate of drug-likeness (QED) is 0.807. The Kier molecular flexibility index (Phi) is 5.20. The van der Waals surface area contributed by atoms with E-state index in [1.165, 1.54) is 41.6 Å². The van der Waals surface area contributed by atoms with E-state index in [9.17, 15) is 9.18 Å². The number of carbonyl (C=O) groups excluding carboxylic acids is 1. The lowest BCUT2D eigenvalue weighted by Crippen LogP contribution is -3.10. The number of hydrogen-bond donors (Lipinski definition) is 2. The maximum Gasteiger partial charge on any atom is 0.273 e. The molecule has 1 aromatic carbocycles. The average molecular weight is 332 g/mol. The van der Waals surface area contributed by atoms with Crippen molar-refractivity contribution in [2.24, 2.45) is 0 Å². The number of rotatable bonds is 6. The zero-order valence-corrected chi connectivity index (χ0v) is 13.8. The number of nitrogens with zero attached hydrogens (tertiary/aromatic N) is 3. The van der Waals surface area contributed by atoms with Crippen LogP contribution in [0.1, 0.15) is 41.9 Å². The van der Waals surface area contributed by atoms with Crippen LogP contribution >= 0.6 is 0 Å². The van der Waals surface area contributed by atoms with Crippen LogP contribution in [0.15, 0.2) is 30.5 Å². The monoisotopic (exact) mass is 332 g/mol. The van der Waals surface area contributed by atoms with Crippen LogP contribution in [0.3, 0.4) is 0 Å². The first-order chi connectivity index (χ1) is 11.6. The maximum atomic E-state index is 13.9. The van der Waals surface area contributed by atoms with E-state index in [2.05, 4.69) is 15.6 Å². The number of quaternary nitrogens is 1. The normalized spacial score (nSPS) is 16.2. The Bertz CT molecular complexity index is 696. The van der Waals surface area contributed by atoms with Crippen LogP contribution in [0.5, 0.6) is 0 Å². The van der Waals surface area contributed by atoms with Gasteiger partial charge < -0.3 is 10.2 Å². The predicted molar refractivity (Wildman–Crippen MR) is 87.4 cm³/mol. The lowest BCUT2D eigenvalue weighted by Gasteiger charge is -2.12. The van der Waals surface area contributed by atoms with Crippen LogP contribution < -0.4 is 10.2 Å². The Labute approximate surface area is 140 Å². The Morgan fingerprint density at radius 3 is 2.88 bits per heavy atom. The Morgan fingerprint density at radius 1 is 1.38 bits per heavy atom. The zero-order chi connectivity index (χ0) is 16.9. The molecule has 0 bridgehead atoms. The molecule has 7 heteroatoms. The summed E-state index contributed by atoms with van der Waals surface area (Å²) in [6.07, 6.45) is 4.10. The fraction of sp³-hybridized carbons (Fsp3) is 0.471. The van der Waals surface area contributed by atoms with Gasteiger partial charge in [0.25, 0.3) is 5.91 Å². The Hall–Kier alpha value is -2.28. The SMILES string of the molecule is C[C@@H](c1ccccc1F)n1cc(C(=O)NCC[NH+]2CCCC2)nn1. The van der Waals surface area contributed by atoms with Crippen molar-refractivity contribution >= 4 is 5.91 Å². The second-order valence-electron chi connectivity index (χ2n) is 6.24. The number of likely N-dealkylation sites (tertiary alicyclic amines) is 1. The molecule has 0 unspecified atom stereocenters. The van der Waals surface area contributed by atoms with E-state index in [0.717, 1.165) is 6.54 Å². The predicted octanol–water partition coefficient (Wildman–Crippen LogP) is 0.435. The molecule has 2 aromatic rings. The molecule has 128 valence electrons. The summed E-state index contributed by atoms with van der Waals surface area (Å²) in [6, 6.07) is 6.22. The fourth-order valence-corrected chi connectivity index (χ4v) is 3.09. The van der Waals surface area contributed by atoms with Crippen LogP contribution in [0.2, 0.25) is 0 Å². The van der Waals surface area contributed by atoms with E-state index in [1.807, 2.05) is 6.92 Å². The van der Waals surface area contributed by atoms with Crippen LogP contribution in [0.25, 0.3) is 0 Å². The molecular weight excluding hydrogens is 309 g/mol. The number of aromatic nitrogens is 3. The molecule has 1 aliphatic rings. The first-order valence-corrected chi connectivity index (χ1v) is 8.43. The third kappa shape index (κ3) is 3.79. The summed E-state index contributed by atoms with van der Waals surface area (Å²) in [6.45, 7) is 5.76. The first kappa shape index (κ1) is 16.6. The van der Waals surface area contributed by atoms with E-state index < -0.39 is 0 Å². The highest BCUT2D eigenvalue weighted by Gasteiger charge is 2.18. The summed E-state index contributed by atoms with van der Waals surface area (Å²) < 4.78 is 15.4. The maximum absolute atomic E-state index is 13.9. The number of amides is 1. The second-order valence-corrected chi connectivity index (χ2v) is 6.24. The van der Waals surface area contributed by atoms with Gasteiger partial charge in [-0.25, -0.2) is 9.07 Å². The van der Waals surface area contributed by atoms with E-state index >= 15 is 0 Å². The summed E-state index contributed by atoms with van der Waals surface area (Å²) in [5, 5.41) is 10.8. The van der Waals surface area contributed by atoms with Crippen LogP contribution in [0, 0.1) is 5.82 Å². The minimum absolute atomic E-state index is 0.236. The molecule has 1 amide bonds. The fourth-order valence-electron chi connectivity index (χ4n) is 3.09. The molecule has 0 radical (unpaired) electrons. The molecule has 1 saturated heterocycles. The minimum Gasteiger partial charge on any atom is -0.345 e. The van der Waals surface area contributed by atoms with Crippen molar-refractivity contribution < 1.29 is 14.1 Å². The molecule has 1 aromatic heterocycles. The standard InChI is InChI=1S/C17H22FN5O/c1-13(14-6-2-3-7-15(14)18)23-12-16(20-21-23)17(24)19-8-11-22-9-4-5-10-22/h2-3,6-7,12-13H,4-5,8-11H2,1H3,(H,19,24)/p+1/t13-/m0/s1. The Morgan fingerprint density at radius 2 is 2.12 bits per heavy atom. The van der Waals surface area contributed by atoms with Crippen molar-refractivity contribution in [1.29, 1.82) is 0 Å². The van der Waals surface area contributed by atoms with E-state index in [4.69, 9.17) is 0 Å². The van der Waals surface area contributed by atoms with Crippen molar-refractivity contribution in [3.63, 3.8) is 0 Å². The van der Waals surface area contributed by atoms with Crippen molar-refractivity contribution in [2.75, 3.05) is 26.2 Å². The van der Waals surface area contributed by atoms with E-state index in [-0.39, 0.29) is 23.5 Å². The van der Waals surface area contributed by atoms with Crippen molar-refractivity contribution in [1.82, 2.24) is 20.3 Å². The van der Waals surface area contributed by atoms with Crippen molar-refractivity contribution in [3.8, 4) is 0 Å². The summed E-state index contributed by atoms with van der Waals surface area (Å²) in [4.78, 5) is 13.7. The number of halogens is 1. The molecule has 6 nitrogen and oxygen atoms in total. The summed E-state index contributed by atoms with van der Waals surface area (Å²) >= 11 is 0. The molecule has 3 rings (SSSR count). The smallest absolute Gasteiger partial charge is 0.273 e. The van der Waals surface area contributed by atoms with Gasteiger partial charge in [-0.15, -0.1) is 5.10 Å². The number of nitrogens with one attached hydrogen (secondary N) is 2. The van der Waals surface area contributed by atoms with Crippen molar-refractivity contribution in [2.45, 2.75) is 25.8 Å². The largest absolute Gasteiger partial charge is 0.345 e. The second kappa shape index (κ2) is 7.53. The number of benzene rings is 1. The zero-order valence-electron chi connectivity index (χ0n) is 13.8. The lowest BCUT2D eigenvalue weighted by molar-refractivity contribution is -0.886. The van der Waals surface area contributed by atoms with Gasteiger partial charge in [0, 0.05) is 18.4 Å². The third-order valence-corrected chi connectivity index (χ3v) is 4.57. The first-order valence-electron chi connectivity index (χ1n) is 8.43. The van der Waals surface area contributed by atoms with Gasteiger partial charge >= 0.3 is 0 Å². The van der Waals surface area contributed by atoms with E-state index in [1.54, 1.807) is 24.4 Å². The highest BCUT2D eigenvalue weighted by Crippen LogP contribution is 2.19. The average Bonchev–Trinajstić information content (AvgIpc) is 3.26. The van der Waals surface area contributed by atoms with Gasteiger partial charge in [0.05, 0.1) is 38.4 Å². The molecule has 0 aliphatic carbocycles. The highest BCUT2D eigenvalue weighted by molar-refractivity contribution is 5.91. The number of carbonyl (C=O) groups is 1. The van der Waals surface area contributed by atoms with Gasteiger partial charge in [0.2, 0.25) is 0 Å². The number of hydrogen-bond acceptors (Lipinski definition) is 3. The van der Waals surface area contributed by atoms with Crippen LogP contribution in [-0.4, -0.2) is 47.1 Å². The molecule has 0 saturated carbocycles. The Balaban J connectivity index is 1.58. The van der Waals surface area contributed by atoms with Crippen LogP contribution in [-0.2, 0) is 0 Å². The molecule has 2 heterocycles. The van der Waals surface area contributed by atoms with E-state index in [0.29, 0.717) is 12.1 Å². The van der Waals surface area contributed by atoms with Crippen LogP contribution in [0.4, 0.5) is 4.39 Å². The highest BCUT2D eigenvalue weighted by atomic mass is 19.1. The summed E-state index contributed by atoms with van der Waals surface area (Å²) in [7, 11) is 0. The van der Waals surface area contributed by atoms with Gasteiger partial charge in [0.1, 0.15) is 5.82 Å². The molecular formula is C17H23FN5O+.